The molecule has 0 radical (unpaired) electrons. The molecule has 3 atom stereocenters. The molecule has 3 amide bonds. The van der Waals surface area contributed by atoms with Gasteiger partial charge in [0.1, 0.15) is 17.5 Å². The minimum absolute atomic E-state index is 0.0196. The molecule has 1 aliphatic carbocycles. The van der Waals surface area contributed by atoms with Crippen LogP contribution in [0.4, 0.5) is 4.39 Å². The fourth-order valence-corrected chi connectivity index (χ4v) is 6.68. The Labute approximate surface area is 193 Å². The number of benzene rings is 1. The van der Waals surface area contributed by atoms with Crippen molar-refractivity contribution in [3.05, 3.63) is 34.1 Å². The van der Waals surface area contributed by atoms with Gasteiger partial charge in [0, 0.05) is 48.2 Å². The second-order valence-corrected chi connectivity index (χ2v) is 10.7. The van der Waals surface area contributed by atoms with Crippen molar-refractivity contribution in [2.45, 2.75) is 71.1 Å². The van der Waals surface area contributed by atoms with Crippen molar-refractivity contribution in [1.82, 2.24) is 15.1 Å². The van der Waals surface area contributed by atoms with Crippen LogP contribution in [-0.4, -0.2) is 58.3 Å². The van der Waals surface area contributed by atoms with Gasteiger partial charge in [-0.3, -0.25) is 19.7 Å². The first-order chi connectivity index (χ1) is 15.6. The van der Waals surface area contributed by atoms with E-state index in [4.69, 9.17) is 0 Å². The summed E-state index contributed by atoms with van der Waals surface area (Å²) < 4.78 is 16.1. The number of carbonyl (C=O) groups excluding carboxylic acids is 3. The molecule has 0 bridgehead atoms. The number of amides is 3. The van der Waals surface area contributed by atoms with Crippen LogP contribution in [0.2, 0.25) is 0 Å². The molecule has 1 unspecified atom stereocenters. The van der Waals surface area contributed by atoms with Crippen molar-refractivity contribution in [2.75, 3.05) is 19.6 Å². The predicted molar refractivity (Wildman–Crippen MR) is 119 cm³/mol. The van der Waals surface area contributed by atoms with Gasteiger partial charge >= 0.3 is 0 Å². The lowest BCUT2D eigenvalue weighted by Crippen LogP contribution is -2.56. The molecule has 4 aliphatic rings. The second-order valence-electron chi connectivity index (χ2n) is 10.7. The van der Waals surface area contributed by atoms with Gasteiger partial charge < -0.3 is 14.9 Å². The molecular formula is C25H32FN3O4. The van der Waals surface area contributed by atoms with Crippen LogP contribution < -0.4 is 5.32 Å². The van der Waals surface area contributed by atoms with Crippen molar-refractivity contribution >= 4 is 17.7 Å². The van der Waals surface area contributed by atoms with Crippen LogP contribution in [0.5, 0.6) is 0 Å². The van der Waals surface area contributed by atoms with Gasteiger partial charge in [-0.25, -0.2) is 4.39 Å². The minimum Gasteiger partial charge on any atom is -0.384 e. The van der Waals surface area contributed by atoms with E-state index in [1.165, 1.54) is 4.90 Å². The van der Waals surface area contributed by atoms with E-state index >= 15 is 4.39 Å². The average molecular weight is 458 g/mol. The van der Waals surface area contributed by atoms with E-state index in [1.54, 1.807) is 6.07 Å². The van der Waals surface area contributed by atoms with E-state index < -0.39 is 28.8 Å². The molecule has 0 aromatic heterocycles. The Morgan fingerprint density at radius 1 is 1.30 bits per heavy atom. The molecule has 7 nitrogen and oxygen atoms in total. The average Bonchev–Trinajstić information content (AvgIpc) is 3.20. The van der Waals surface area contributed by atoms with Crippen LogP contribution in [0.25, 0.3) is 0 Å². The second kappa shape index (κ2) is 7.60. The Kier molecular flexibility index (Phi) is 5.17. The number of halogens is 1. The summed E-state index contributed by atoms with van der Waals surface area (Å²) in [6.45, 7) is 8.72. The summed E-state index contributed by atoms with van der Waals surface area (Å²) in [6.07, 6.45) is 2.09. The molecule has 33 heavy (non-hydrogen) atoms. The maximum atomic E-state index is 16.1. The summed E-state index contributed by atoms with van der Waals surface area (Å²) >= 11 is 0. The third-order valence-electron chi connectivity index (χ3n) is 8.29. The fourth-order valence-electron chi connectivity index (χ4n) is 6.68. The smallest absolute Gasteiger partial charge is 0.255 e. The van der Waals surface area contributed by atoms with Crippen molar-refractivity contribution in [1.29, 1.82) is 0 Å². The van der Waals surface area contributed by atoms with Crippen molar-refractivity contribution in [3.63, 3.8) is 0 Å². The maximum Gasteiger partial charge on any atom is 0.255 e. The fraction of sp³-hybridized carbons (Fsp3) is 0.640. The minimum atomic E-state index is -1.27. The molecule has 2 saturated heterocycles. The Hall–Kier alpha value is -2.32. The number of nitrogens with zero attached hydrogens (tertiary/aromatic N) is 2. The van der Waals surface area contributed by atoms with Crippen LogP contribution >= 0.6 is 0 Å². The summed E-state index contributed by atoms with van der Waals surface area (Å²) in [5, 5.41) is 14.2. The SMILES string of the molecule is CCC12Cc3cc4c(c(F)c3[C@@]1(O)CCN(CC(C)C)C2)CN([C@@H]1CCC(=O)NC1=O)C4=O. The van der Waals surface area contributed by atoms with Crippen molar-refractivity contribution in [2.24, 2.45) is 11.3 Å². The summed E-state index contributed by atoms with van der Waals surface area (Å²) in [6, 6.07) is 0.969. The largest absolute Gasteiger partial charge is 0.384 e. The quantitative estimate of drug-likeness (QED) is 0.676. The van der Waals surface area contributed by atoms with Crippen LogP contribution in [0.15, 0.2) is 6.07 Å². The summed E-state index contributed by atoms with van der Waals surface area (Å²) in [4.78, 5) is 40.8. The van der Waals surface area contributed by atoms with Gasteiger partial charge in [0.15, 0.2) is 0 Å². The van der Waals surface area contributed by atoms with Crippen molar-refractivity contribution < 1.29 is 23.9 Å². The molecule has 1 aromatic carbocycles. The Morgan fingerprint density at radius 2 is 2.06 bits per heavy atom. The molecule has 8 heteroatoms. The number of fused-ring (bicyclic) bond motifs is 4. The van der Waals surface area contributed by atoms with E-state index in [9.17, 15) is 19.5 Å². The molecule has 1 aromatic rings. The molecular weight excluding hydrogens is 425 g/mol. The third kappa shape index (κ3) is 3.17. The van der Waals surface area contributed by atoms with E-state index in [-0.39, 0.29) is 42.3 Å². The molecule has 178 valence electrons. The number of hydrogen-bond acceptors (Lipinski definition) is 5. The zero-order chi connectivity index (χ0) is 23.7. The Balaban J connectivity index is 1.50. The van der Waals surface area contributed by atoms with Gasteiger partial charge in [-0.15, -0.1) is 0 Å². The first-order valence-electron chi connectivity index (χ1n) is 12.0. The molecule has 5 rings (SSSR count). The monoisotopic (exact) mass is 457 g/mol. The van der Waals surface area contributed by atoms with Gasteiger partial charge in [-0.05, 0) is 43.2 Å². The van der Waals surface area contributed by atoms with Gasteiger partial charge in [-0.2, -0.15) is 0 Å². The zero-order valence-electron chi connectivity index (χ0n) is 19.5. The number of imide groups is 1. The Bertz CT molecular complexity index is 1060. The van der Waals surface area contributed by atoms with Crippen LogP contribution in [0.3, 0.4) is 0 Å². The predicted octanol–water partition coefficient (Wildman–Crippen LogP) is 2.09. The molecule has 0 spiro atoms. The number of piperidine rings is 2. The number of hydrogen-bond donors (Lipinski definition) is 2. The summed E-state index contributed by atoms with van der Waals surface area (Å²) in [5.41, 5.74) is -0.151. The van der Waals surface area contributed by atoms with Crippen LogP contribution in [0, 0.1) is 17.2 Å². The highest BCUT2D eigenvalue weighted by atomic mass is 19.1. The number of carbonyl (C=O) groups is 3. The highest BCUT2D eigenvalue weighted by Crippen LogP contribution is 2.58. The highest BCUT2D eigenvalue weighted by Gasteiger charge is 2.60. The highest BCUT2D eigenvalue weighted by molar-refractivity contribution is 6.05. The number of nitrogens with one attached hydrogen (secondary N) is 1. The standard InChI is InChI=1S/C25H32FN3O4/c1-4-24-10-15-9-16-17(12-29(23(16)32)18-5-6-19(30)27-22(18)31)21(26)20(15)25(24,33)7-8-28(13-24)11-14(2)3/h9,14,18,33H,4-8,10-13H2,1-3H3,(H,27,30,31)/t18-,24?,25+/m1/s1. The number of rotatable bonds is 4. The lowest BCUT2D eigenvalue weighted by atomic mass is 9.66. The van der Waals surface area contributed by atoms with Gasteiger partial charge in [0.25, 0.3) is 5.91 Å². The zero-order valence-corrected chi connectivity index (χ0v) is 19.5. The summed E-state index contributed by atoms with van der Waals surface area (Å²) in [5.74, 6) is -1.24. The van der Waals surface area contributed by atoms with E-state index in [2.05, 4.69) is 31.0 Å². The summed E-state index contributed by atoms with van der Waals surface area (Å²) in [7, 11) is 0. The lowest BCUT2D eigenvalue weighted by Gasteiger charge is -2.50. The van der Waals surface area contributed by atoms with E-state index in [1.807, 2.05) is 0 Å². The lowest BCUT2D eigenvalue weighted by molar-refractivity contribution is -0.137. The molecule has 3 aliphatic heterocycles. The normalized spacial score (nSPS) is 31.6. The molecule has 3 heterocycles. The van der Waals surface area contributed by atoms with E-state index in [0.29, 0.717) is 49.4 Å². The van der Waals surface area contributed by atoms with E-state index in [0.717, 1.165) is 6.54 Å². The van der Waals surface area contributed by atoms with Crippen LogP contribution in [-0.2, 0) is 28.2 Å². The van der Waals surface area contributed by atoms with Crippen molar-refractivity contribution in [3.8, 4) is 0 Å². The first-order valence-corrected chi connectivity index (χ1v) is 12.0. The first kappa shape index (κ1) is 22.5. The topological polar surface area (TPSA) is 89.9 Å². The number of aliphatic hydroxyl groups is 1. The van der Waals surface area contributed by atoms with Crippen LogP contribution in [0.1, 0.15) is 73.5 Å². The van der Waals surface area contributed by atoms with Gasteiger partial charge in [0.05, 0.1) is 6.54 Å². The van der Waals surface area contributed by atoms with Gasteiger partial charge in [0.2, 0.25) is 11.8 Å². The molecule has 2 N–H and O–H groups in total. The third-order valence-corrected chi connectivity index (χ3v) is 8.29. The van der Waals surface area contributed by atoms with Gasteiger partial charge in [-0.1, -0.05) is 20.8 Å². The maximum absolute atomic E-state index is 16.1. The Morgan fingerprint density at radius 3 is 2.73 bits per heavy atom. The molecule has 0 saturated carbocycles. The molecule has 2 fully saturated rings. The number of likely N-dealkylation sites (tertiary alicyclic amines) is 1.